The topological polar surface area (TPSA) is 52.4 Å². The van der Waals surface area contributed by atoms with Gasteiger partial charge in [-0.25, -0.2) is 0 Å². The van der Waals surface area contributed by atoms with Crippen LogP contribution in [0.1, 0.15) is 11.1 Å². The fourth-order valence-electron chi connectivity index (χ4n) is 1.78. The Hall–Kier alpha value is -2.28. The molecule has 22 heavy (non-hydrogen) atoms. The van der Waals surface area contributed by atoms with Crippen molar-refractivity contribution >= 4 is 17.3 Å². The average molecular weight is 332 g/mol. The van der Waals surface area contributed by atoms with Crippen LogP contribution in [0.25, 0.3) is 0 Å². The molecule has 0 aliphatic rings. The number of hydrogen-bond acceptors (Lipinski definition) is 3. The Labute approximate surface area is 128 Å². The van der Waals surface area contributed by atoms with Crippen molar-refractivity contribution in [3.63, 3.8) is 0 Å². The van der Waals surface area contributed by atoms with E-state index >= 15 is 0 Å². The summed E-state index contributed by atoms with van der Waals surface area (Å²) >= 11 is 5.77. The molecule has 0 heterocycles. The minimum atomic E-state index is -4.49. The molecule has 0 N–H and O–H groups in total. The maximum atomic E-state index is 12.5. The van der Waals surface area contributed by atoms with Gasteiger partial charge in [-0.05, 0) is 37.3 Å². The molecular weight excluding hydrogens is 323 g/mol. The van der Waals surface area contributed by atoms with Crippen LogP contribution in [-0.2, 0) is 6.18 Å². The van der Waals surface area contributed by atoms with Crippen molar-refractivity contribution in [3.05, 3.63) is 62.7 Å². The van der Waals surface area contributed by atoms with Gasteiger partial charge >= 0.3 is 6.18 Å². The van der Waals surface area contributed by atoms with Crippen molar-refractivity contribution in [2.75, 3.05) is 0 Å². The van der Waals surface area contributed by atoms with E-state index in [1.165, 1.54) is 25.1 Å². The van der Waals surface area contributed by atoms with E-state index in [0.29, 0.717) is 5.56 Å². The Morgan fingerprint density at radius 3 is 2.36 bits per heavy atom. The maximum Gasteiger partial charge on any atom is 0.416 e. The summed E-state index contributed by atoms with van der Waals surface area (Å²) < 4.78 is 43.0. The molecule has 2 rings (SSSR count). The summed E-state index contributed by atoms with van der Waals surface area (Å²) in [6.45, 7) is 1.53. The number of aryl methyl sites for hydroxylation is 1. The van der Waals surface area contributed by atoms with Gasteiger partial charge < -0.3 is 4.74 Å². The van der Waals surface area contributed by atoms with Crippen molar-refractivity contribution in [1.29, 1.82) is 0 Å². The van der Waals surface area contributed by atoms with Gasteiger partial charge in [0.2, 0.25) is 0 Å². The zero-order chi connectivity index (χ0) is 16.5. The van der Waals surface area contributed by atoms with Gasteiger partial charge in [0.1, 0.15) is 11.5 Å². The molecular formula is C14H9ClF3NO3. The molecule has 0 saturated heterocycles. The van der Waals surface area contributed by atoms with Crippen LogP contribution in [-0.4, -0.2) is 4.92 Å². The van der Waals surface area contributed by atoms with Gasteiger partial charge in [0.25, 0.3) is 5.69 Å². The van der Waals surface area contributed by atoms with Crippen LogP contribution in [0.3, 0.4) is 0 Å². The van der Waals surface area contributed by atoms with E-state index in [1.807, 2.05) is 0 Å². The van der Waals surface area contributed by atoms with E-state index in [0.717, 1.165) is 18.2 Å². The summed E-state index contributed by atoms with van der Waals surface area (Å²) in [5.74, 6) is 0.271. The number of nitro groups is 1. The summed E-state index contributed by atoms with van der Waals surface area (Å²) in [6, 6.07) is 6.71. The molecule has 0 fully saturated rings. The molecule has 0 aliphatic heterocycles. The van der Waals surface area contributed by atoms with Crippen molar-refractivity contribution in [3.8, 4) is 11.5 Å². The number of nitrogens with zero attached hydrogens (tertiary/aromatic N) is 1. The lowest BCUT2D eigenvalue weighted by atomic mass is 10.2. The van der Waals surface area contributed by atoms with Crippen LogP contribution in [0.2, 0.25) is 5.02 Å². The van der Waals surface area contributed by atoms with E-state index < -0.39 is 16.7 Å². The molecule has 0 atom stereocenters. The monoisotopic (exact) mass is 331 g/mol. The smallest absolute Gasteiger partial charge is 0.416 e. The number of rotatable bonds is 3. The number of hydrogen-bond donors (Lipinski definition) is 0. The van der Waals surface area contributed by atoms with Crippen molar-refractivity contribution in [2.45, 2.75) is 13.1 Å². The Kier molecular flexibility index (Phi) is 4.27. The predicted octanol–water partition coefficient (Wildman–Crippen LogP) is 5.37. The lowest BCUT2D eigenvalue weighted by Crippen LogP contribution is -2.04. The zero-order valence-electron chi connectivity index (χ0n) is 11.1. The van der Waals surface area contributed by atoms with Crippen molar-refractivity contribution in [2.24, 2.45) is 0 Å². The largest absolute Gasteiger partial charge is 0.456 e. The van der Waals surface area contributed by atoms with Crippen LogP contribution in [0.15, 0.2) is 36.4 Å². The van der Waals surface area contributed by atoms with E-state index in [4.69, 9.17) is 16.3 Å². The van der Waals surface area contributed by atoms with Crippen molar-refractivity contribution < 1.29 is 22.8 Å². The second-order valence-corrected chi connectivity index (χ2v) is 4.86. The third-order valence-corrected chi connectivity index (χ3v) is 3.15. The van der Waals surface area contributed by atoms with Crippen LogP contribution in [0.5, 0.6) is 11.5 Å². The fraction of sp³-hybridized carbons (Fsp3) is 0.143. The number of ether oxygens (including phenoxy) is 1. The minimum Gasteiger partial charge on any atom is -0.456 e. The first-order valence-corrected chi connectivity index (χ1v) is 6.36. The summed E-state index contributed by atoms with van der Waals surface area (Å²) in [5, 5.41) is 10.5. The predicted molar refractivity (Wildman–Crippen MR) is 74.4 cm³/mol. The average Bonchev–Trinajstić information content (AvgIpc) is 2.39. The summed E-state index contributed by atoms with van der Waals surface area (Å²) in [4.78, 5) is 10.2. The molecule has 0 radical (unpaired) electrons. The fourth-order valence-corrected chi connectivity index (χ4v) is 2.00. The van der Waals surface area contributed by atoms with Gasteiger partial charge in [-0.15, -0.1) is 0 Å². The normalized spacial score (nSPS) is 11.3. The first kappa shape index (κ1) is 16.1. The van der Waals surface area contributed by atoms with Gasteiger partial charge in [0, 0.05) is 11.6 Å². The number of alkyl halides is 3. The van der Waals surface area contributed by atoms with Crippen molar-refractivity contribution in [1.82, 2.24) is 0 Å². The Balaban J connectivity index is 2.28. The molecule has 0 unspecified atom stereocenters. The van der Waals surface area contributed by atoms with Gasteiger partial charge in [0.05, 0.1) is 15.5 Å². The minimum absolute atomic E-state index is 0.0305. The quantitative estimate of drug-likeness (QED) is 0.561. The van der Waals surface area contributed by atoms with E-state index in [9.17, 15) is 23.3 Å². The molecule has 2 aromatic carbocycles. The van der Waals surface area contributed by atoms with E-state index in [1.54, 1.807) is 0 Å². The number of halogens is 4. The first-order valence-electron chi connectivity index (χ1n) is 5.98. The van der Waals surface area contributed by atoms with Crippen LogP contribution < -0.4 is 4.74 Å². The molecule has 0 aliphatic carbocycles. The lowest BCUT2D eigenvalue weighted by molar-refractivity contribution is -0.385. The summed E-state index contributed by atoms with van der Waals surface area (Å²) in [7, 11) is 0. The third kappa shape index (κ3) is 3.48. The van der Waals surface area contributed by atoms with E-state index in [2.05, 4.69) is 0 Å². The molecule has 0 saturated carbocycles. The Bertz CT molecular complexity index is 732. The lowest BCUT2D eigenvalue weighted by Gasteiger charge is -2.11. The highest BCUT2D eigenvalue weighted by Gasteiger charge is 2.31. The third-order valence-electron chi connectivity index (χ3n) is 2.85. The number of benzene rings is 2. The van der Waals surface area contributed by atoms with Gasteiger partial charge in [-0.3, -0.25) is 10.1 Å². The highest BCUT2D eigenvalue weighted by atomic mass is 35.5. The molecule has 0 aromatic heterocycles. The SMILES string of the molecule is Cc1cc(Oc2ccc(C(F)(F)F)cc2Cl)ccc1[N+](=O)[O-]. The molecule has 116 valence electrons. The van der Waals surface area contributed by atoms with Gasteiger partial charge in [-0.1, -0.05) is 11.6 Å². The second kappa shape index (κ2) is 5.84. The number of nitro benzene ring substituents is 1. The molecule has 0 amide bonds. The van der Waals surface area contributed by atoms with Crippen LogP contribution >= 0.6 is 11.6 Å². The van der Waals surface area contributed by atoms with Gasteiger partial charge in [0.15, 0.2) is 0 Å². The maximum absolute atomic E-state index is 12.5. The van der Waals surface area contributed by atoms with Crippen LogP contribution in [0.4, 0.5) is 18.9 Å². The van der Waals surface area contributed by atoms with Gasteiger partial charge in [-0.2, -0.15) is 13.2 Å². The highest BCUT2D eigenvalue weighted by molar-refractivity contribution is 6.32. The summed E-state index contributed by atoms with van der Waals surface area (Å²) in [5.41, 5.74) is -0.596. The standard InChI is InChI=1S/C14H9ClF3NO3/c1-8-6-10(3-4-12(8)19(20)21)22-13-5-2-9(7-11(13)15)14(16,17)18/h2-7H,1H3. The molecule has 4 nitrogen and oxygen atoms in total. The van der Waals surface area contributed by atoms with E-state index in [-0.39, 0.29) is 22.2 Å². The second-order valence-electron chi connectivity index (χ2n) is 4.45. The Morgan fingerprint density at radius 2 is 1.86 bits per heavy atom. The molecule has 0 bridgehead atoms. The molecule has 2 aromatic rings. The summed E-state index contributed by atoms with van der Waals surface area (Å²) in [6.07, 6.45) is -4.49. The Morgan fingerprint density at radius 1 is 1.18 bits per heavy atom. The zero-order valence-corrected chi connectivity index (χ0v) is 11.9. The first-order chi connectivity index (χ1) is 10.2. The highest BCUT2D eigenvalue weighted by Crippen LogP contribution is 2.37. The van der Waals surface area contributed by atoms with Crippen LogP contribution in [0, 0.1) is 17.0 Å². The molecule has 8 heteroatoms. The molecule has 0 spiro atoms.